The monoisotopic (exact) mass is 608 g/mol. The van der Waals surface area contributed by atoms with Crippen LogP contribution in [0.4, 0.5) is 35.1 Å². The molecule has 0 saturated carbocycles. The molecule has 0 aromatic heterocycles. The van der Waals surface area contributed by atoms with Crippen molar-refractivity contribution in [2.75, 3.05) is 24.7 Å². The van der Waals surface area contributed by atoms with Gasteiger partial charge in [-0.05, 0) is 27.7 Å². The van der Waals surface area contributed by atoms with Crippen LogP contribution in [-0.4, -0.2) is 52.0 Å². The molecule has 0 spiro atoms. The molecule has 0 unspecified atom stereocenters. The summed E-state index contributed by atoms with van der Waals surface area (Å²) in [7, 11) is 0. The molecule has 0 amide bonds. The van der Waals surface area contributed by atoms with Gasteiger partial charge in [-0.25, -0.2) is 0 Å². The lowest BCUT2D eigenvalue weighted by Crippen LogP contribution is -2.01. The van der Waals surface area contributed by atoms with E-state index in [1.165, 1.54) is 41.5 Å². The van der Waals surface area contributed by atoms with E-state index in [-0.39, 0.29) is 45.5 Å². The number of halogens is 8. The van der Waals surface area contributed by atoms with Crippen molar-refractivity contribution in [2.24, 2.45) is 0 Å². The number of thioether (sulfide) groups is 1. The van der Waals surface area contributed by atoms with Crippen molar-refractivity contribution >= 4 is 41.4 Å². The Morgan fingerprint density at radius 3 is 1.18 bits per heavy atom. The maximum atomic E-state index is 11.6. The summed E-state index contributed by atoms with van der Waals surface area (Å²) in [6, 6.07) is 0. The van der Waals surface area contributed by atoms with Gasteiger partial charge in [0, 0.05) is 54.6 Å². The Hall–Kier alpha value is -2.33. The van der Waals surface area contributed by atoms with E-state index in [0.29, 0.717) is 0 Å². The van der Waals surface area contributed by atoms with Crippen molar-refractivity contribution in [3.8, 4) is 0 Å². The van der Waals surface area contributed by atoms with Crippen molar-refractivity contribution in [3.63, 3.8) is 0 Å². The molecule has 0 rings (SSSR count). The SMILES string of the molecule is CC(=O)O.CC(=O)OCC(C)=C(F)F.CC(=O)SCC(C)=C(F)F.CC(CO)=C(F)F.CC(CS)=C(F)F. The number of aliphatic hydroxyl groups excluding tert-OH is 1. The van der Waals surface area contributed by atoms with E-state index in [0.717, 1.165) is 18.7 Å². The number of hydrogen-bond donors (Lipinski definition) is 3. The zero-order valence-corrected chi connectivity index (χ0v) is 23.4. The summed E-state index contributed by atoms with van der Waals surface area (Å²) in [6.07, 6.45) is -6.88. The van der Waals surface area contributed by atoms with Gasteiger partial charge in [0.25, 0.3) is 30.3 Å². The number of thiol groups is 1. The normalized spacial score (nSPS) is 8.55. The van der Waals surface area contributed by atoms with Gasteiger partial charge >= 0.3 is 5.97 Å². The maximum Gasteiger partial charge on any atom is 0.302 e. The van der Waals surface area contributed by atoms with Crippen LogP contribution in [0, 0.1) is 0 Å². The van der Waals surface area contributed by atoms with Crippen molar-refractivity contribution in [1.29, 1.82) is 0 Å². The highest BCUT2D eigenvalue weighted by Crippen LogP contribution is 2.13. The Bertz CT molecular complexity index is 762. The Balaban J connectivity index is -0.000000123. The molecule has 0 saturated heterocycles. The van der Waals surface area contributed by atoms with Crippen LogP contribution in [0.1, 0.15) is 48.5 Å². The van der Waals surface area contributed by atoms with Crippen molar-refractivity contribution in [1.82, 2.24) is 0 Å². The molecule has 0 fully saturated rings. The topological polar surface area (TPSA) is 101 Å². The Morgan fingerprint density at radius 2 is 1.03 bits per heavy atom. The van der Waals surface area contributed by atoms with Gasteiger partial charge in [0.05, 0.1) is 6.61 Å². The van der Waals surface area contributed by atoms with E-state index < -0.39 is 42.9 Å². The zero-order valence-electron chi connectivity index (χ0n) is 21.7. The van der Waals surface area contributed by atoms with E-state index in [4.69, 9.17) is 15.0 Å². The van der Waals surface area contributed by atoms with Crippen LogP contribution in [0.2, 0.25) is 0 Å². The van der Waals surface area contributed by atoms with Gasteiger partial charge in [-0.3, -0.25) is 14.4 Å². The highest BCUT2D eigenvalue weighted by Gasteiger charge is 2.02. The summed E-state index contributed by atoms with van der Waals surface area (Å²) < 4.78 is 95.5. The number of carbonyl (C=O) groups excluding carboxylic acids is 2. The van der Waals surface area contributed by atoms with Crippen LogP contribution < -0.4 is 0 Å². The minimum absolute atomic E-state index is 0.0276. The number of hydrogen-bond acceptors (Lipinski definition) is 7. The molecule has 6 nitrogen and oxygen atoms in total. The first-order chi connectivity index (χ1) is 17.2. The summed E-state index contributed by atoms with van der Waals surface area (Å²) in [5.74, 6) is -1.15. The minimum Gasteiger partial charge on any atom is -0.481 e. The fourth-order valence-electron chi connectivity index (χ4n) is 0.648. The second-order valence-electron chi connectivity index (χ2n) is 6.56. The van der Waals surface area contributed by atoms with Gasteiger partial charge in [-0.1, -0.05) is 11.8 Å². The highest BCUT2D eigenvalue weighted by atomic mass is 32.2. The Kier molecular flexibility index (Phi) is 35.1. The van der Waals surface area contributed by atoms with Gasteiger partial charge in [0.2, 0.25) is 0 Å². The average Bonchev–Trinajstić information content (AvgIpc) is 2.80. The molecule has 0 aliphatic rings. The molecule has 2 N–H and O–H groups in total. The maximum absolute atomic E-state index is 11.6. The van der Waals surface area contributed by atoms with E-state index in [2.05, 4.69) is 17.4 Å². The molecule has 0 bridgehead atoms. The Labute approximate surface area is 225 Å². The third-order valence-corrected chi connectivity index (χ3v) is 4.21. The van der Waals surface area contributed by atoms with Crippen molar-refractivity contribution < 1.29 is 64.5 Å². The van der Waals surface area contributed by atoms with E-state index in [9.17, 15) is 44.7 Å². The summed E-state index contributed by atoms with van der Waals surface area (Å²) >= 11 is 4.51. The minimum atomic E-state index is -1.79. The number of carbonyl (C=O) groups is 3. The van der Waals surface area contributed by atoms with Crippen molar-refractivity contribution in [2.45, 2.75) is 48.5 Å². The molecule has 16 heteroatoms. The quantitative estimate of drug-likeness (QED) is 0.163. The number of esters is 1. The number of carboxylic acids is 1. The van der Waals surface area contributed by atoms with Gasteiger partial charge in [-0.2, -0.15) is 47.8 Å². The van der Waals surface area contributed by atoms with Crippen molar-refractivity contribution in [3.05, 3.63) is 46.6 Å². The van der Waals surface area contributed by atoms with Crippen LogP contribution in [-0.2, 0) is 19.1 Å². The van der Waals surface area contributed by atoms with Gasteiger partial charge < -0.3 is 14.9 Å². The molecule has 0 heterocycles. The van der Waals surface area contributed by atoms with E-state index in [1.807, 2.05) is 0 Å². The summed E-state index contributed by atoms with van der Waals surface area (Å²) in [5.41, 5.74) is -0.460. The van der Waals surface area contributed by atoms with Gasteiger partial charge in [0.1, 0.15) is 6.61 Å². The first-order valence-corrected chi connectivity index (χ1v) is 11.5. The average molecular weight is 609 g/mol. The largest absolute Gasteiger partial charge is 0.481 e. The molecule has 0 atom stereocenters. The second kappa shape index (κ2) is 29.2. The predicted octanol–water partition coefficient (Wildman–Crippen LogP) is 7.48. The molecular weight excluding hydrogens is 576 g/mol. The number of carboxylic acid groups (broad SMARTS) is 1. The summed E-state index contributed by atoms with van der Waals surface area (Å²) in [4.78, 5) is 29.3. The first kappa shape index (κ1) is 45.6. The van der Waals surface area contributed by atoms with Gasteiger partial charge in [-0.15, -0.1) is 0 Å². The third kappa shape index (κ3) is 46.9. The van der Waals surface area contributed by atoms with Crippen LogP contribution in [0.15, 0.2) is 46.6 Å². The van der Waals surface area contributed by atoms with Crippen LogP contribution in [0.25, 0.3) is 0 Å². The summed E-state index contributed by atoms with van der Waals surface area (Å²) in [5, 5.41) is 15.2. The standard InChI is InChI=1S/C6H8F2O2.C6H8F2OS.C4H6F2O.C4H6F2S.C2H4O2/c2*1-4(6(7)8)3-10-5(2)9;2*1-3(2-7)4(5)6;1-2(3)4/h2*3H2,1-2H3;2*7H,2H2,1H3;1H3,(H,3,4). The number of ether oxygens (including phenoxy) is 1. The number of aliphatic carboxylic acids is 1. The lowest BCUT2D eigenvalue weighted by atomic mass is 10.4. The zero-order chi connectivity index (χ0) is 31.6. The second-order valence-corrected chi connectivity index (χ2v) is 8.03. The van der Waals surface area contributed by atoms with Crippen LogP contribution in [0.5, 0.6) is 0 Å². The first-order valence-electron chi connectivity index (χ1n) is 9.88. The van der Waals surface area contributed by atoms with Crippen LogP contribution >= 0.6 is 24.4 Å². The lowest BCUT2D eigenvalue weighted by Gasteiger charge is -1.98. The van der Waals surface area contributed by atoms with Crippen LogP contribution in [0.3, 0.4) is 0 Å². The molecule has 224 valence electrons. The molecule has 0 radical (unpaired) electrons. The molecule has 0 aliphatic heterocycles. The molecule has 0 aromatic rings. The molecule has 0 aromatic carbocycles. The number of rotatable bonds is 6. The fraction of sp³-hybridized carbons (Fsp3) is 0.500. The Morgan fingerprint density at radius 1 is 0.684 bits per heavy atom. The third-order valence-electron chi connectivity index (χ3n) is 2.75. The lowest BCUT2D eigenvalue weighted by molar-refractivity contribution is -0.140. The molecule has 0 aliphatic carbocycles. The van der Waals surface area contributed by atoms with E-state index in [1.54, 1.807) is 0 Å². The highest BCUT2D eigenvalue weighted by molar-refractivity contribution is 8.13. The fourth-order valence-corrected chi connectivity index (χ4v) is 1.30. The number of aliphatic hydroxyl groups is 1. The predicted molar refractivity (Wildman–Crippen MR) is 134 cm³/mol. The molecular formula is C22H32F8O6S2. The van der Waals surface area contributed by atoms with E-state index >= 15 is 0 Å². The molecule has 38 heavy (non-hydrogen) atoms. The smallest absolute Gasteiger partial charge is 0.302 e. The van der Waals surface area contributed by atoms with Gasteiger partial charge in [0.15, 0.2) is 5.12 Å². The summed E-state index contributed by atoms with van der Waals surface area (Å²) in [6.45, 7) is 7.78.